The first-order valence-electron chi connectivity index (χ1n) is 9.35. The van der Waals surface area contributed by atoms with Crippen LogP contribution >= 0.6 is 27.5 Å². The Morgan fingerprint density at radius 1 is 1.10 bits per heavy atom. The van der Waals surface area contributed by atoms with Crippen LogP contribution in [-0.2, 0) is 13.2 Å². The van der Waals surface area contributed by atoms with E-state index in [1.165, 1.54) is 6.07 Å². The number of methoxy groups -OCH3 is 1. The second-order valence-electron chi connectivity index (χ2n) is 6.64. The van der Waals surface area contributed by atoms with Crippen molar-refractivity contribution in [1.29, 1.82) is 0 Å². The first-order chi connectivity index (χ1) is 14.5. The zero-order valence-electron chi connectivity index (χ0n) is 16.4. The van der Waals surface area contributed by atoms with Gasteiger partial charge in [-0.15, -0.1) is 0 Å². The fourth-order valence-electron chi connectivity index (χ4n) is 2.94. The molecule has 7 heteroatoms. The molecule has 0 aliphatic heterocycles. The Hall–Kier alpha value is -2.12. The van der Waals surface area contributed by atoms with Gasteiger partial charge in [0.1, 0.15) is 12.4 Å². The minimum atomic E-state index is -0.597. The molecule has 3 aromatic rings. The second-order valence-corrected chi connectivity index (χ2v) is 7.90. The fraction of sp³-hybridized carbons (Fsp3) is 0.217. The lowest BCUT2D eigenvalue weighted by Gasteiger charge is -2.16. The number of ether oxygens (including phenoxy) is 2. The zero-order chi connectivity index (χ0) is 21.5. The molecule has 3 rings (SSSR count). The molecule has 0 aliphatic rings. The molecule has 0 heterocycles. The molecule has 2 N–H and O–H groups in total. The summed E-state index contributed by atoms with van der Waals surface area (Å²) in [6.45, 7) is 0.901. The topological polar surface area (TPSA) is 50.7 Å². The summed E-state index contributed by atoms with van der Waals surface area (Å²) in [7, 11) is 1.54. The van der Waals surface area contributed by atoms with Crippen LogP contribution < -0.4 is 14.8 Å². The molecular weight excluding hydrogens is 473 g/mol. The van der Waals surface area contributed by atoms with Gasteiger partial charge < -0.3 is 19.9 Å². The van der Waals surface area contributed by atoms with Gasteiger partial charge in [-0.2, -0.15) is 0 Å². The largest absolute Gasteiger partial charge is 0.493 e. The normalized spacial score (nSPS) is 11.9. The molecule has 0 amide bonds. The molecule has 3 aromatic carbocycles. The number of aliphatic hydroxyl groups excluding tert-OH is 1. The summed E-state index contributed by atoms with van der Waals surface area (Å²) in [6.07, 6.45) is -0.597. The number of benzene rings is 3. The highest BCUT2D eigenvalue weighted by atomic mass is 79.9. The molecule has 0 saturated carbocycles. The third-order valence-electron chi connectivity index (χ3n) is 4.60. The van der Waals surface area contributed by atoms with E-state index < -0.39 is 11.9 Å². The van der Waals surface area contributed by atoms with Crippen LogP contribution in [-0.4, -0.2) is 18.8 Å². The third kappa shape index (κ3) is 5.73. The number of hydrogen-bond acceptors (Lipinski definition) is 4. The Balaban J connectivity index is 1.65. The second kappa shape index (κ2) is 10.8. The van der Waals surface area contributed by atoms with Crippen molar-refractivity contribution < 1.29 is 19.0 Å². The number of aliphatic hydroxyl groups is 1. The summed E-state index contributed by atoms with van der Waals surface area (Å²) < 4.78 is 26.0. The van der Waals surface area contributed by atoms with Crippen molar-refractivity contribution in [3.05, 3.63) is 92.7 Å². The van der Waals surface area contributed by atoms with Gasteiger partial charge in [-0.25, -0.2) is 4.39 Å². The molecule has 158 valence electrons. The Labute approximate surface area is 188 Å². The van der Waals surface area contributed by atoms with Crippen LogP contribution in [0.3, 0.4) is 0 Å². The van der Waals surface area contributed by atoms with E-state index in [0.717, 1.165) is 15.6 Å². The Morgan fingerprint density at radius 2 is 1.87 bits per heavy atom. The van der Waals surface area contributed by atoms with E-state index in [4.69, 9.17) is 21.1 Å². The quantitative estimate of drug-likeness (QED) is 0.403. The summed E-state index contributed by atoms with van der Waals surface area (Å²) in [5.74, 6) is 0.571. The number of nitrogens with one attached hydrogen (secondary N) is 1. The number of halogens is 3. The van der Waals surface area contributed by atoms with E-state index in [-0.39, 0.29) is 12.2 Å². The first-order valence-corrected chi connectivity index (χ1v) is 10.5. The smallest absolute Gasteiger partial charge is 0.162 e. The van der Waals surface area contributed by atoms with Gasteiger partial charge in [0, 0.05) is 23.1 Å². The molecule has 0 aliphatic carbocycles. The van der Waals surface area contributed by atoms with Gasteiger partial charge in [-0.1, -0.05) is 63.9 Å². The standard InChI is InChI=1S/C23H22BrClFNO3/c1-29-22-10-16(12-27-13-21(28)15-6-3-2-4-7-15)18(24)11-23(22)30-14-17-19(25)8-5-9-20(17)26/h2-11,21,27-28H,12-14H2,1H3. The maximum Gasteiger partial charge on any atom is 0.162 e. The maximum atomic E-state index is 14.0. The maximum absolute atomic E-state index is 14.0. The lowest BCUT2D eigenvalue weighted by molar-refractivity contribution is 0.174. The summed E-state index contributed by atoms with van der Waals surface area (Å²) in [4.78, 5) is 0. The predicted molar refractivity (Wildman–Crippen MR) is 120 cm³/mol. The van der Waals surface area contributed by atoms with Crippen LogP contribution in [0.15, 0.2) is 65.1 Å². The van der Waals surface area contributed by atoms with Crippen molar-refractivity contribution in [2.75, 3.05) is 13.7 Å². The average Bonchev–Trinajstić information content (AvgIpc) is 2.75. The third-order valence-corrected chi connectivity index (χ3v) is 5.70. The van der Waals surface area contributed by atoms with Gasteiger partial charge in [0.25, 0.3) is 0 Å². The van der Waals surface area contributed by atoms with Crippen molar-refractivity contribution in [2.45, 2.75) is 19.3 Å². The van der Waals surface area contributed by atoms with Gasteiger partial charge in [0.15, 0.2) is 11.5 Å². The van der Waals surface area contributed by atoms with Crippen molar-refractivity contribution in [3.8, 4) is 11.5 Å². The van der Waals surface area contributed by atoms with Gasteiger partial charge in [-0.3, -0.25) is 0 Å². The first kappa shape index (κ1) is 22.6. The van der Waals surface area contributed by atoms with Crippen molar-refractivity contribution in [2.24, 2.45) is 0 Å². The van der Waals surface area contributed by atoms with Gasteiger partial charge in [-0.05, 0) is 35.4 Å². The highest BCUT2D eigenvalue weighted by Crippen LogP contribution is 2.34. The van der Waals surface area contributed by atoms with Crippen LogP contribution in [0.5, 0.6) is 11.5 Å². The number of rotatable bonds is 9. The van der Waals surface area contributed by atoms with E-state index in [1.54, 1.807) is 25.3 Å². The van der Waals surface area contributed by atoms with Crippen LogP contribution in [0, 0.1) is 5.82 Å². The van der Waals surface area contributed by atoms with E-state index in [1.807, 2.05) is 36.4 Å². The predicted octanol–water partition coefficient (Wildman–Crippen LogP) is 5.65. The van der Waals surface area contributed by atoms with Crippen LogP contribution in [0.1, 0.15) is 22.8 Å². The van der Waals surface area contributed by atoms with Gasteiger partial charge >= 0.3 is 0 Å². The lowest BCUT2D eigenvalue weighted by Crippen LogP contribution is -2.21. The van der Waals surface area contributed by atoms with Crippen molar-refractivity contribution in [1.82, 2.24) is 5.32 Å². The van der Waals surface area contributed by atoms with E-state index in [2.05, 4.69) is 21.2 Å². The lowest BCUT2D eigenvalue weighted by atomic mass is 10.1. The zero-order valence-corrected chi connectivity index (χ0v) is 18.7. The van der Waals surface area contributed by atoms with Crippen molar-refractivity contribution in [3.63, 3.8) is 0 Å². The molecule has 0 saturated heterocycles. The highest BCUT2D eigenvalue weighted by Gasteiger charge is 2.14. The summed E-state index contributed by atoms with van der Waals surface area (Å²) in [6, 6.07) is 17.6. The molecule has 1 atom stereocenters. The molecule has 4 nitrogen and oxygen atoms in total. The van der Waals surface area contributed by atoms with E-state index >= 15 is 0 Å². The monoisotopic (exact) mass is 493 g/mol. The molecule has 1 unspecified atom stereocenters. The Kier molecular flexibility index (Phi) is 8.10. The van der Waals surface area contributed by atoms with Crippen LogP contribution in [0.4, 0.5) is 4.39 Å². The van der Waals surface area contributed by atoms with Gasteiger partial charge in [0.05, 0.1) is 18.2 Å². The van der Waals surface area contributed by atoms with Crippen LogP contribution in [0.2, 0.25) is 5.02 Å². The molecule has 0 spiro atoms. The average molecular weight is 495 g/mol. The molecule has 0 fully saturated rings. The molecular formula is C23H22BrClFNO3. The van der Waals surface area contributed by atoms with Crippen LogP contribution in [0.25, 0.3) is 0 Å². The molecule has 0 radical (unpaired) electrons. The molecule has 30 heavy (non-hydrogen) atoms. The van der Waals surface area contributed by atoms with E-state index in [0.29, 0.717) is 29.6 Å². The molecule has 0 aromatic heterocycles. The van der Waals surface area contributed by atoms with Gasteiger partial charge in [0.2, 0.25) is 0 Å². The Morgan fingerprint density at radius 3 is 2.57 bits per heavy atom. The summed E-state index contributed by atoms with van der Waals surface area (Å²) >= 11 is 9.60. The summed E-state index contributed by atoms with van der Waals surface area (Å²) in [5, 5.41) is 13.8. The number of hydrogen-bond donors (Lipinski definition) is 2. The minimum absolute atomic E-state index is 0.0187. The SMILES string of the molecule is COc1cc(CNCC(O)c2ccccc2)c(Br)cc1OCc1c(F)cccc1Cl. The van der Waals surface area contributed by atoms with Crippen molar-refractivity contribution >= 4 is 27.5 Å². The minimum Gasteiger partial charge on any atom is -0.493 e. The van der Waals surface area contributed by atoms with E-state index in [9.17, 15) is 9.50 Å². The molecule has 0 bridgehead atoms. The Bertz CT molecular complexity index is 967. The highest BCUT2D eigenvalue weighted by molar-refractivity contribution is 9.10. The summed E-state index contributed by atoms with van der Waals surface area (Å²) in [5.41, 5.74) is 2.08. The fourth-order valence-corrected chi connectivity index (χ4v) is 3.62.